The summed E-state index contributed by atoms with van der Waals surface area (Å²) in [5.41, 5.74) is 1.59. The number of nitrogens with zero attached hydrogens (tertiary/aromatic N) is 1. The zero-order valence-corrected chi connectivity index (χ0v) is 11.9. The fourth-order valence-electron chi connectivity index (χ4n) is 1.48. The molecule has 0 saturated carbocycles. The maximum Gasteiger partial charge on any atom is 0.251 e. The quantitative estimate of drug-likeness (QED) is 0.843. The lowest BCUT2D eigenvalue weighted by Gasteiger charge is -2.17. The first kappa shape index (κ1) is 14.5. The van der Waals surface area contributed by atoms with E-state index >= 15 is 0 Å². The molecule has 1 aromatic rings. The Hall–Kier alpha value is -1.58. The molecular weight excluding hydrogens is 226 g/mol. The van der Waals surface area contributed by atoms with Gasteiger partial charge in [0.25, 0.3) is 5.91 Å². The van der Waals surface area contributed by atoms with Gasteiger partial charge < -0.3 is 10.6 Å². The lowest BCUT2D eigenvalue weighted by molar-refractivity contribution is 0.0930. The molecule has 2 N–H and O–H groups in total. The molecule has 0 aliphatic rings. The van der Waals surface area contributed by atoms with E-state index < -0.39 is 0 Å². The molecule has 1 aromatic heterocycles. The van der Waals surface area contributed by atoms with Crippen LogP contribution in [-0.2, 0) is 6.42 Å². The molecule has 18 heavy (non-hydrogen) atoms. The van der Waals surface area contributed by atoms with Crippen molar-refractivity contribution in [2.24, 2.45) is 5.92 Å². The molecule has 0 aliphatic heterocycles. The normalized spacial score (nSPS) is 12.3. The minimum Gasteiger partial charge on any atom is -0.373 e. The summed E-state index contributed by atoms with van der Waals surface area (Å²) in [6.07, 6.45) is 0.815. The first-order valence-corrected chi connectivity index (χ1v) is 6.47. The van der Waals surface area contributed by atoms with Crippen molar-refractivity contribution in [1.82, 2.24) is 10.3 Å². The lowest BCUT2D eigenvalue weighted by Crippen LogP contribution is -2.36. The Morgan fingerprint density at radius 2 is 2.00 bits per heavy atom. The van der Waals surface area contributed by atoms with Crippen molar-refractivity contribution >= 4 is 11.7 Å². The van der Waals surface area contributed by atoms with E-state index in [1.165, 1.54) is 0 Å². The van der Waals surface area contributed by atoms with E-state index in [1.54, 1.807) is 13.1 Å². The van der Waals surface area contributed by atoms with Gasteiger partial charge in [0, 0.05) is 24.3 Å². The van der Waals surface area contributed by atoms with Crippen LogP contribution in [0.1, 0.15) is 43.7 Å². The van der Waals surface area contributed by atoms with Crippen LogP contribution in [0.3, 0.4) is 0 Å². The van der Waals surface area contributed by atoms with Crippen LogP contribution in [0, 0.1) is 5.92 Å². The molecule has 0 bridgehead atoms. The van der Waals surface area contributed by atoms with E-state index in [-0.39, 0.29) is 11.9 Å². The molecule has 4 nitrogen and oxygen atoms in total. The number of hydrogen-bond donors (Lipinski definition) is 2. The average Bonchev–Trinajstić information content (AvgIpc) is 2.37. The highest BCUT2D eigenvalue weighted by molar-refractivity contribution is 5.95. The summed E-state index contributed by atoms with van der Waals surface area (Å²) in [6, 6.07) is 3.79. The van der Waals surface area contributed by atoms with Crippen molar-refractivity contribution in [3.63, 3.8) is 0 Å². The second kappa shape index (κ2) is 6.38. The Kier molecular flexibility index (Phi) is 5.13. The van der Waals surface area contributed by atoms with Crippen molar-refractivity contribution in [1.29, 1.82) is 0 Å². The number of amides is 1. The molecule has 1 rings (SSSR count). The van der Waals surface area contributed by atoms with E-state index in [9.17, 15) is 4.79 Å². The van der Waals surface area contributed by atoms with Gasteiger partial charge in [-0.15, -0.1) is 0 Å². The highest BCUT2D eigenvalue weighted by Gasteiger charge is 2.14. The average molecular weight is 249 g/mol. The molecule has 0 saturated heterocycles. The van der Waals surface area contributed by atoms with Crippen LogP contribution in [0.5, 0.6) is 0 Å². The molecule has 0 radical (unpaired) electrons. The van der Waals surface area contributed by atoms with E-state index in [4.69, 9.17) is 0 Å². The van der Waals surface area contributed by atoms with E-state index in [0.717, 1.165) is 17.9 Å². The summed E-state index contributed by atoms with van der Waals surface area (Å²) in [7, 11) is 1.81. The molecule has 1 atom stereocenters. The van der Waals surface area contributed by atoms with Crippen LogP contribution in [-0.4, -0.2) is 24.0 Å². The molecule has 1 heterocycles. The lowest BCUT2D eigenvalue weighted by atomic mass is 10.1. The third-order valence-electron chi connectivity index (χ3n) is 3.12. The smallest absolute Gasteiger partial charge is 0.251 e. The zero-order chi connectivity index (χ0) is 13.7. The van der Waals surface area contributed by atoms with Gasteiger partial charge in [-0.3, -0.25) is 4.79 Å². The molecular formula is C14H23N3O. The first-order valence-electron chi connectivity index (χ1n) is 6.47. The summed E-state index contributed by atoms with van der Waals surface area (Å²) >= 11 is 0. The van der Waals surface area contributed by atoms with Gasteiger partial charge in [-0.1, -0.05) is 20.8 Å². The number of nitrogens with one attached hydrogen (secondary N) is 2. The van der Waals surface area contributed by atoms with Crippen LogP contribution < -0.4 is 10.6 Å². The Bertz CT molecular complexity index is 393. The van der Waals surface area contributed by atoms with Crippen LogP contribution in [0.25, 0.3) is 0 Å². The largest absolute Gasteiger partial charge is 0.373 e. The summed E-state index contributed by atoms with van der Waals surface area (Å²) in [5, 5.41) is 5.99. The Balaban J connectivity index is 2.91. The number of anilines is 1. The summed E-state index contributed by atoms with van der Waals surface area (Å²) < 4.78 is 0. The van der Waals surface area contributed by atoms with Gasteiger partial charge in [-0.2, -0.15) is 0 Å². The van der Waals surface area contributed by atoms with Gasteiger partial charge in [0.05, 0.1) is 0 Å². The van der Waals surface area contributed by atoms with Crippen molar-refractivity contribution in [2.45, 2.75) is 40.2 Å². The van der Waals surface area contributed by atoms with Crippen molar-refractivity contribution < 1.29 is 4.79 Å². The number of aryl methyl sites for hydroxylation is 1. The number of rotatable bonds is 5. The number of hydrogen-bond acceptors (Lipinski definition) is 3. The van der Waals surface area contributed by atoms with Gasteiger partial charge >= 0.3 is 0 Å². The fourth-order valence-corrected chi connectivity index (χ4v) is 1.48. The Morgan fingerprint density at radius 3 is 2.50 bits per heavy atom. The van der Waals surface area contributed by atoms with E-state index in [2.05, 4.69) is 29.5 Å². The minimum atomic E-state index is -0.0372. The summed E-state index contributed by atoms with van der Waals surface area (Å²) in [6.45, 7) is 8.23. The number of carbonyl (C=O) groups excluding carboxylic acids is 1. The van der Waals surface area contributed by atoms with Crippen molar-refractivity contribution in [3.8, 4) is 0 Å². The fraction of sp³-hybridized carbons (Fsp3) is 0.571. The summed E-state index contributed by atoms with van der Waals surface area (Å²) in [4.78, 5) is 16.5. The van der Waals surface area contributed by atoms with Crippen LogP contribution >= 0.6 is 0 Å². The van der Waals surface area contributed by atoms with Crippen LogP contribution in [0.4, 0.5) is 5.82 Å². The molecule has 0 aliphatic carbocycles. The van der Waals surface area contributed by atoms with Gasteiger partial charge in [-0.25, -0.2) is 4.98 Å². The second-order valence-electron chi connectivity index (χ2n) is 4.84. The molecule has 0 aromatic carbocycles. The highest BCUT2D eigenvalue weighted by atomic mass is 16.1. The standard InChI is InChI=1S/C14H23N3O/c1-6-12-7-11(8-13(15-5)17-12)14(18)16-10(4)9(2)3/h7-10H,6H2,1-5H3,(H,15,17)(H,16,18). The maximum atomic E-state index is 12.1. The Labute approximate surface area is 109 Å². The highest BCUT2D eigenvalue weighted by Crippen LogP contribution is 2.11. The van der Waals surface area contributed by atoms with Gasteiger partial charge in [-0.05, 0) is 31.4 Å². The SMILES string of the molecule is CCc1cc(C(=O)NC(C)C(C)C)cc(NC)n1. The molecule has 0 fully saturated rings. The van der Waals surface area contributed by atoms with E-state index in [0.29, 0.717) is 11.5 Å². The second-order valence-corrected chi connectivity index (χ2v) is 4.84. The van der Waals surface area contributed by atoms with Crippen LogP contribution in [0.2, 0.25) is 0 Å². The third kappa shape index (κ3) is 3.72. The molecule has 100 valence electrons. The zero-order valence-electron chi connectivity index (χ0n) is 11.9. The first-order chi connectivity index (χ1) is 8.47. The van der Waals surface area contributed by atoms with Crippen LogP contribution in [0.15, 0.2) is 12.1 Å². The molecule has 1 amide bonds. The number of pyridine rings is 1. The molecule has 1 unspecified atom stereocenters. The minimum absolute atomic E-state index is 0.0372. The Morgan fingerprint density at radius 1 is 1.33 bits per heavy atom. The van der Waals surface area contributed by atoms with Gasteiger partial charge in [0.15, 0.2) is 0 Å². The number of carbonyl (C=O) groups is 1. The van der Waals surface area contributed by atoms with E-state index in [1.807, 2.05) is 19.9 Å². The monoisotopic (exact) mass is 249 g/mol. The molecule has 0 spiro atoms. The number of aromatic nitrogens is 1. The summed E-state index contributed by atoms with van der Waals surface area (Å²) in [5.74, 6) is 1.12. The maximum absolute atomic E-state index is 12.1. The predicted molar refractivity (Wildman–Crippen MR) is 74.9 cm³/mol. The van der Waals surface area contributed by atoms with Crippen molar-refractivity contribution in [3.05, 3.63) is 23.4 Å². The van der Waals surface area contributed by atoms with Gasteiger partial charge in [0.1, 0.15) is 5.82 Å². The van der Waals surface area contributed by atoms with Crippen molar-refractivity contribution in [2.75, 3.05) is 12.4 Å². The topological polar surface area (TPSA) is 54.0 Å². The predicted octanol–water partition coefficient (Wildman–Crippen LogP) is 2.46. The van der Waals surface area contributed by atoms with Gasteiger partial charge in [0.2, 0.25) is 0 Å². The third-order valence-corrected chi connectivity index (χ3v) is 3.12. The molecule has 4 heteroatoms.